The first-order chi connectivity index (χ1) is 9.69. The average molecular weight is 408 g/mol. The second-order valence-corrected chi connectivity index (χ2v) is 5.06. The summed E-state index contributed by atoms with van der Waals surface area (Å²) in [5, 5.41) is 6.82. The molecule has 0 saturated carbocycles. The van der Waals surface area contributed by atoms with Crippen molar-refractivity contribution in [3.63, 3.8) is 0 Å². The molecule has 2 rings (SSSR count). The van der Waals surface area contributed by atoms with Crippen molar-refractivity contribution in [3.8, 4) is 0 Å². The molecule has 1 aliphatic heterocycles. The van der Waals surface area contributed by atoms with Gasteiger partial charge in [-0.25, -0.2) is 0 Å². The maximum atomic E-state index is 5.86. The van der Waals surface area contributed by atoms with Gasteiger partial charge in [0.2, 0.25) is 5.89 Å². The number of likely N-dealkylation sites (N-methyl/N-ethyl adjacent to an activating group) is 1. The summed E-state index contributed by atoms with van der Waals surface area (Å²) in [5.74, 6) is 1.77. The number of aromatic nitrogens is 2. The van der Waals surface area contributed by atoms with E-state index in [4.69, 9.17) is 10.3 Å². The minimum absolute atomic E-state index is 0. The third kappa shape index (κ3) is 5.77. The van der Waals surface area contributed by atoms with Crippen LogP contribution in [0.25, 0.3) is 0 Å². The van der Waals surface area contributed by atoms with Crippen molar-refractivity contribution in [2.45, 2.75) is 39.2 Å². The number of nitrogens with zero attached hydrogens (tertiary/aromatic N) is 4. The van der Waals surface area contributed by atoms with E-state index in [1.54, 1.807) is 6.92 Å². The molecule has 1 saturated heterocycles. The zero-order valence-corrected chi connectivity index (χ0v) is 15.0. The molecule has 0 spiro atoms. The summed E-state index contributed by atoms with van der Waals surface area (Å²) in [4.78, 5) is 11.0. The number of guanidine groups is 1. The molecule has 7 nitrogen and oxygen atoms in total. The third-order valence-corrected chi connectivity index (χ3v) is 3.59. The molecule has 1 aromatic heterocycles. The second-order valence-electron chi connectivity index (χ2n) is 5.06. The first kappa shape index (κ1) is 18.1. The third-order valence-electron chi connectivity index (χ3n) is 3.59. The Bertz CT molecular complexity index is 450. The molecule has 8 heteroatoms. The van der Waals surface area contributed by atoms with Gasteiger partial charge in [-0.15, -0.1) is 24.0 Å². The van der Waals surface area contributed by atoms with Crippen molar-refractivity contribution in [2.75, 3.05) is 26.2 Å². The lowest BCUT2D eigenvalue weighted by Gasteiger charge is -2.20. The number of aryl methyl sites for hydroxylation is 1. The molecular formula is C13H25IN6O. The lowest BCUT2D eigenvalue weighted by molar-refractivity contribution is 0.273. The number of likely N-dealkylation sites (tertiary alicyclic amines) is 1. The smallest absolute Gasteiger partial charge is 0.228 e. The van der Waals surface area contributed by atoms with Gasteiger partial charge in [-0.1, -0.05) is 12.1 Å². The molecule has 1 unspecified atom stereocenters. The van der Waals surface area contributed by atoms with Crippen molar-refractivity contribution >= 4 is 29.9 Å². The Kier molecular flexibility index (Phi) is 7.94. The largest absolute Gasteiger partial charge is 0.370 e. The molecule has 120 valence electrons. The zero-order chi connectivity index (χ0) is 14.4. The van der Waals surface area contributed by atoms with Crippen molar-refractivity contribution < 1.29 is 4.52 Å². The molecule has 0 bridgehead atoms. The van der Waals surface area contributed by atoms with Gasteiger partial charge in [0, 0.05) is 19.0 Å². The van der Waals surface area contributed by atoms with E-state index in [-0.39, 0.29) is 24.0 Å². The lowest BCUT2D eigenvalue weighted by Crippen LogP contribution is -2.36. The second kappa shape index (κ2) is 9.19. The Labute approximate surface area is 142 Å². The average Bonchev–Trinajstić information content (AvgIpc) is 3.05. The first-order valence-electron chi connectivity index (χ1n) is 7.26. The fraction of sp³-hybridized carbons (Fsp3) is 0.769. The van der Waals surface area contributed by atoms with E-state index in [2.05, 4.69) is 32.3 Å². The van der Waals surface area contributed by atoms with Crippen LogP contribution in [0.3, 0.4) is 0 Å². The molecule has 0 radical (unpaired) electrons. The molecule has 0 amide bonds. The van der Waals surface area contributed by atoms with E-state index < -0.39 is 0 Å². The molecule has 1 atom stereocenters. The molecule has 2 heterocycles. The number of halogens is 1. The van der Waals surface area contributed by atoms with Gasteiger partial charge in [-0.2, -0.15) is 4.98 Å². The van der Waals surface area contributed by atoms with E-state index in [9.17, 15) is 0 Å². The predicted octanol–water partition coefficient (Wildman–Crippen LogP) is 0.927. The van der Waals surface area contributed by atoms with Crippen LogP contribution in [0.15, 0.2) is 9.52 Å². The van der Waals surface area contributed by atoms with Gasteiger partial charge in [-0.05, 0) is 32.9 Å². The van der Waals surface area contributed by atoms with Crippen molar-refractivity contribution in [1.82, 2.24) is 20.4 Å². The number of aliphatic imine (C=N–C) groups is 1. The van der Waals surface area contributed by atoms with Crippen LogP contribution < -0.4 is 11.1 Å². The summed E-state index contributed by atoms with van der Waals surface area (Å²) in [6.45, 7) is 7.68. The van der Waals surface area contributed by atoms with E-state index in [0.717, 1.165) is 13.1 Å². The van der Waals surface area contributed by atoms with E-state index >= 15 is 0 Å². The summed E-state index contributed by atoms with van der Waals surface area (Å²) < 4.78 is 5.03. The van der Waals surface area contributed by atoms with E-state index in [1.807, 2.05) is 0 Å². The van der Waals surface area contributed by atoms with Crippen molar-refractivity contribution in [3.05, 3.63) is 11.7 Å². The highest BCUT2D eigenvalue weighted by molar-refractivity contribution is 14.0. The minimum atomic E-state index is 0. The van der Waals surface area contributed by atoms with Gasteiger partial charge in [0.1, 0.15) is 0 Å². The number of nitrogens with two attached hydrogens (primary N) is 1. The molecule has 1 fully saturated rings. The Balaban J connectivity index is 0.00000220. The van der Waals surface area contributed by atoms with Gasteiger partial charge in [0.05, 0.1) is 6.54 Å². The van der Waals surface area contributed by atoms with Crippen LogP contribution in [0.2, 0.25) is 0 Å². The highest BCUT2D eigenvalue weighted by Gasteiger charge is 2.22. The van der Waals surface area contributed by atoms with Gasteiger partial charge in [0.15, 0.2) is 11.8 Å². The fourth-order valence-electron chi connectivity index (χ4n) is 2.52. The highest BCUT2D eigenvalue weighted by Crippen LogP contribution is 2.16. The predicted molar refractivity (Wildman–Crippen MR) is 92.9 cm³/mol. The van der Waals surface area contributed by atoms with Gasteiger partial charge in [0.25, 0.3) is 0 Å². The Morgan fingerprint density at radius 2 is 2.38 bits per heavy atom. The van der Waals surface area contributed by atoms with Crippen molar-refractivity contribution in [1.29, 1.82) is 0 Å². The zero-order valence-electron chi connectivity index (χ0n) is 12.7. The van der Waals surface area contributed by atoms with Crippen LogP contribution in [-0.4, -0.2) is 53.2 Å². The van der Waals surface area contributed by atoms with Crippen molar-refractivity contribution in [2.24, 2.45) is 10.7 Å². The van der Waals surface area contributed by atoms with E-state index in [1.165, 1.54) is 19.4 Å². The number of nitrogens with one attached hydrogen (secondary N) is 1. The number of hydrogen-bond donors (Lipinski definition) is 2. The van der Waals surface area contributed by atoms with E-state index in [0.29, 0.717) is 36.7 Å². The number of hydrogen-bond acceptors (Lipinski definition) is 5. The number of rotatable bonds is 6. The van der Waals surface area contributed by atoms with Gasteiger partial charge < -0.3 is 15.6 Å². The normalized spacial score (nSPS) is 19.5. The minimum Gasteiger partial charge on any atom is -0.370 e. The first-order valence-corrected chi connectivity index (χ1v) is 7.26. The van der Waals surface area contributed by atoms with Gasteiger partial charge >= 0.3 is 0 Å². The summed E-state index contributed by atoms with van der Waals surface area (Å²) in [6, 6.07) is 0.541. The summed E-state index contributed by atoms with van der Waals surface area (Å²) >= 11 is 0. The molecule has 1 aliphatic rings. The maximum Gasteiger partial charge on any atom is 0.228 e. The monoisotopic (exact) mass is 408 g/mol. The molecular weight excluding hydrogens is 383 g/mol. The molecule has 0 aromatic carbocycles. The summed E-state index contributed by atoms with van der Waals surface area (Å²) in [6.07, 6.45) is 3.13. The SMILES string of the molecule is CCN1CCCC1CN=C(N)NCCc1nc(C)no1.I. The van der Waals surface area contributed by atoms with Crippen LogP contribution in [0.4, 0.5) is 0 Å². The Morgan fingerprint density at radius 3 is 3.05 bits per heavy atom. The molecule has 3 N–H and O–H groups in total. The standard InChI is InChI=1S/C13H24N6O.HI/c1-3-19-8-4-5-11(19)9-16-13(14)15-7-6-12-17-10(2)18-20-12;/h11H,3-9H2,1-2H3,(H3,14,15,16);1H. The summed E-state index contributed by atoms with van der Waals surface area (Å²) in [5.41, 5.74) is 5.86. The fourth-order valence-corrected chi connectivity index (χ4v) is 2.52. The molecule has 21 heavy (non-hydrogen) atoms. The van der Waals surface area contributed by atoms with Gasteiger partial charge in [-0.3, -0.25) is 9.89 Å². The Hall–Kier alpha value is -0.900. The lowest BCUT2D eigenvalue weighted by atomic mass is 10.2. The maximum absolute atomic E-state index is 5.86. The van der Waals surface area contributed by atoms with Crippen LogP contribution >= 0.6 is 24.0 Å². The molecule has 0 aliphatic carbocycles. The highest BCUT2D eigenvalue weighted by atomic mass is 127. The van der Waals surface area contributed by atoms with Crippen LogP contribution in [0, 0.1) is 6.92 Å². The summed E-state index contributed by atoms with van der Waals surface area (Å²) in [7, 11) is 0. The molecule has 1 aromatic rings. The topological polar surface area (TPSA) is 92.6 Å². The quantitative estimate of drug-likeness (QED) is 0.413. The Morgan fingerprint density at radius 1 is 1.57 bits per heavy atom. The van der Waals surface area contributed by atoms with Crippen LogP contribution in [-0.2, 0) is 6.42 Å². The van der Waals surface area contributed by atoms with Crippen LogP contribution in [0.5, 0.6) is 0 Å². The van der Waals surface area contributed by atoms with Crippen LogP contribution in [0.1, 0.15) is 31.5 Å².